The van der Waals surface area contributed by atoms with Crippen LogP contribution in [0.5, 0.6) is 0 Å². The lowest BCUT2D eigenvalue weighted by atomic mass is 10.0. The predicted octanol–water partition coefficient (Wildman–Crippen LogP) is 1.91. The van der Waals surface area contributed by atoms with Crippen molar-refractivity contribution >= 4 is 17.6 Å². The van der Waals surface area contributed by atoms with Gasteiger partial charge in [-0.05, 0) is 31.4 Å². The molecule has 2 amide bonds. The van der Waals surface area contributed by atoms with Crippen molar-refractivity contribution in [2.75, 3.05) is 0 Å². The summed E-state index contributed by atoms with van der Waals surface area (Å²) in [6, 6.07) is 8.50. The molecule has 0 aliphatic carbocycles. The lowest BCUT2D eigenvalue weighted by Gasteiger charge is -2.16. The van der Waals surface area contributed by atoms with Gasteiger partial charge in [-0.3, -0.25) is 14.4 Å². The van der Waals surface area contributed by atoms with Crippen molar-refractivity contribution < 1.29 is 14.4 Å². The largest absolute Gasteiger partial charge is 0.368 e. The zero-order chi connectivity index (χ0) is 18.6. The number of primary amides is 1. The van der Waals surface area contributed by atoms with Crippen LogP contribution in [0.1, 0.15) is 51.5 Å². The highest BCUT2D eigenvalue weighted by molar-refractivity contribution is 6.03. The van der Waals surface area contributed by atoms with E-state index in [2.05, 4.69) is 10.3 Å². The van der Waals surface area contributed by atoms with E-state index in [1.807, 2.05) is 37.3 Å². The van der Waals surface area contributed by atoms with Crippen molar-refractivity contribution in [1.29, 1.82) is 0 Å². The Bertz CT molecular complexity index is 794. The van der Waals surface area contributed by atoms with E-state index in [4.69, 9.17) is 5.73 Å². The van der Waals surface area contributed by atoms with Crippen LogP contribution in [0.25, 0.3) is 0 Å². The SMILES string of the molecule is CCc1c(C(=O)NC(Cc2ccccc2)C(N)=O)[nH]c(C)c1C(C)=O. The van der Waals surface area contributed by atoms with Gasteiger partial charge >= 0.3 is 0 Å². The molecule has 1 heterocycles. The van der Waals surface area contributed by atoms with Gasteiger partial charge in [0.05, 0.1) is 0 Å². The number of Topliss-reactive ketones (excluding diaryl/α,β-unsaturated/α-hetero) is 1. The van der Waals surface area contributed by atoms with Gasteiger partial charge in [-0.2, -0.15) is 0 Å². The first-order valence-corrected chi connectivity index (χ1v) is 8.21. The monoisotopic (exact) mass is 341 g/mol. The minimum atomic E-state index is -0.830. The third-order valence-corrected chi connectivity index (χ3v) is 4.16. The first kappa shape index (κ1) is 18.4. The fourth-order valence-electron chi connectivity index (χ4n) is 3.00. The molecule has 0 saturated heterocycles. The van der Waals surface area contributed by atoms with E-state index in [0.29, 0.717) is 35.4 Å². The van der Waals surface area contributed by atoms with Crippen LogP contribution in [-0.4, -0.2) is 28.6 Å². The molecule has 2 rings (SSSR count). The number of carbonyl (C=O) groups is 3. The van der Waals surface area contributed by atoms with Crippen molar-refractivity contribution in [3.63, 3.8) is 0 Å². The summed E-state index contributed by atoms with van der Waals surface area (Å²) in [6.45, 7) is 5.10. The molecule has 1 atom stereocenters. The molecule has 0 aliphatic rings. The average Bonchev–Trinajstić information content (AvgIpc) is 2.91. The molecule has 0 spiro atoms. The summed E-state index contributed by atoms with van der Waals surface area (Å²) in [6.07, 6.45) is 0.838. The van der Waals surface area contributed by atoms with Crippen LogP contribution in [0.3, 0.4) is 0 Å². The maximum Gasteiger partial charge on any atom is 0.268 e. The molecular weight excluding hydrogens is 318 g/mol. The van der Waals surface area contributed by atoms with Gasteiger partial charge in [-0.15, -0.1) is 0 Å². The molecule has 4 N–H and O–H groups in total. The van der Waals surface area contributed by atoms with Crippen LogP contribution in [0.15, 0.2) is 30.3 Å². The van der Waals surface area contributed by atoms with Gasteiger partial charge in [0.25, 0.3) is 5.91 Å². The lowest BCUT2D eigenvalue weighted by molar-refractivity contribution is -0.119. The van der Waals surface area contributed by atoms with Crippen LogP contribution in [0, 0.1) is 6.92 Å². The van der Waals surface area contributed by atoms with E-state index in [9.17, 15) is 14.4 Å². The molecule has 2 aromatic rings. The van der Waals surface area contributed by atoms with E-state index in [-0.39, 0.29) is 5.78 Å². The quantitative estimate of drug-likeness (QED) is 0.670. The number of aryl methyl sites for hydroxylation is 1. The highest BCUT2D eigenvalue weighted by Crippen LogP contribution is 2.20. The second-order valence-corrected chi connectivity index (χ2v) is 6.01. The summed E-state index contributed by atoms with van der Waals surface area (Å²) in [5, 5.41) is 2.68. The van der Waals surface area contributed by atoms with Crippen LogP contribution in [0.2, 0.25) is 0 Å². The Labute approximate surface area is 146 Å². The first-order valence-electron chi connectivity index (χ1n) is 8.21. The van der Waals surface area contributed by atoms with E-state index >= 15 is 0 Å². The Morgan fingerprint density at radius 2 is 1.84 bits per heavy atom. The molecule has 0 fully saturated rings. The number of ketones is 1. The molecule has 0 aliphatic heterocycles. The zero-order valence-electron chi connectivity index (χ0n) is 14.7. The predicted molar refractivity (Wildman–Crippen MR) is 95.5 cm³/mol. The van der Waals surface area contributed by atoms with Crippen LogP contribution >= 0.6 is 0 Å². The number of amides is 2. The van der Waals surface area contributed by atoms with Crippen LogP contribution in [0.4, 0.5) is 0 Å². The number of carbonyl (C=O) groups excluding carboxylic acids is 3. The molecule has 0 bridgehead atoms. The number of nitrogens with one attached hydrogen (secondary N) is 2. The fourth-order valence-corrected chi connectivity index (χ4v) is 3.00. The van der Waals surface area contributed by atoms with Gasteiger partial charge in [0.15, 0.2) is 5.78 Å². The number of nitrogens with two attached hydrogens (primary N) is 1. The van der Waals surface area contributed by atoms with Gasteiger partial charge in [0, 0.05) is 17.7 Å². The third kappa shape index (κ3) is 4.15. The van der Waals surface area contributed by atoms with Gasteiger partial charge in [0.2, 0.25) is 5.91 Å². The number of benzene rings is 1. The van der Waals surface area contributed by atoms with Crippen LogP contribution in [-0.2, 0) is 17.6 Å². The number of rotatable bonds is 7. The maximum atomic E-state index is 12.7. The van der Waals surface area contributed by atoms with Crippen molar-refractivity contribution in [3.05, 3.63) is 58.4 Å². The summed E-state index contributed by atoms with van der Waals surface area (Å²) >= 11 is 0. The second kappa shape index (κ2) is 7.79. The summed E-state index contributed by atoms with van der Waals surface area (Å²) < 4.78 is 0. The number of aromatic nitrogens is 1. The smallest absolute Gasteiger partial charge is 0.268 e. The van der Waals surface area contributed by atoms with Crippen molar-refractivity contribution in [2.24, 2.45) is 5.73 Å². The molecular formula is C19H23N3O3. The maximum absolute atomic E-state index is 12.7. The number of hydrogen-bond acceptors (Lipinski definition) is 3. The third-order valence-electron chi connectivity index (χ3n) is 4.16. The molecule has 6 heteroatoms. The topological polar surface area (TPSA) is 105 Å². The van der Waals surface area contributed by atoms with Gasteiger partial charge in [-0.1, -0.05) is 37.3 Å². The van der Waals surface area contributed by atoms with E-state index in [1.165, 1.54) is 6.92 Å². The van der Waals surface area contributed by atoms with Gasteiger partial charge in [-0.25, -0.2) is 0 Å². The highest BCUT2D eigenvalue weighted by Gasteiger charge is 2.25. The molecule has 0 saturated carbocycles. The molecule has 1 unspecified atom stereocenters. The van der Waals surface area contributed by atoms with Gasteiger partial charge in [0.1, 0.15) is 11.7 Å². The molecule has 1 aromatic carbocycles. The minimum absolute atomic E-state index is 0.0969. The Balaban J connectivity index is 2.26. The number of hydrogen-bond donors (Lipinski definition) is 3. The molecule has 6 nitrogen and oxygen atoms in total. The Kier molecular flexibility index (Phi) is 5.75. The summed E-state index contributed by atoms with van der Waals surface area (Å²) in [4.78, 5) is 39.2. The van der Waals surface area contributed by atoms with Crippen molar-refractivity contribution in [3.8, 4) is 0 Å². The van der Waals surface area contributed by atoms with E-state index in [0.717, 1.165) is 5.56 Å². The lowest BCUT2D eigenvalue weighted by Crippen LogP contribution is -2.46. The number of H-pyrrole nitrogens is 1. The van der Waals surface area contributed by atoms with Gasteiger partial charge < -0.3 is 16.0 Å². The summed E-state index contributed by atoms with van der Waals surface area (Å²) in [7, 11) is 0. The molecule has 1 aromatic heterocycles. The summed E-state index contributed by atoms with van der Waals surface area (Å²) in [5.41, 5.74) is 8.49. The number of aromatic amines is 1. The highest BCUT2D eigenvalue weighted by atomic mass is 16.2. The normalized spacial score (nSPS) is 11.8. The Hall–Kier alpha value is -2.89. The zero-order valence-corrected chi connectivity index (χ0v) is 14.7. The average molecular weight is 341 g/mol. The van der Waals surface area contributed by atoms with Crippen molar-refractivity contribution in [1.82, 2.24) is 10.3 Å². The molecule has 132 valence electrons. The Morgan fingerprint density at radius 1 is 1.20 bits per heavy atom. The second-order valence-electron chi connectivity index (χ2n) is 6.01. The van der Waals surface area contributed by atoms with E-state index < -0.39 is 17.9 Å². The van der Waals surface area contributed by atoms with Crippen molar-refractivity contribution in [2.45, 2.75) is 39.7 Å². The standard InChI is InChI=1S/C19H23N3O3/c1-4-14-16(12(3)23)11(2)21-17(14)19(25)22-15(18(20)24)10-13-8-6-5-7-9-13/h5-9,15,21H,4,10H2,1-3H3,(H2,20,24)(H,22,25). The molecule has 25 heavy (non-hydrogen) atoms. The van der Waals surface area contributed by atoms with E-state index in [1.54, 1.807) is 6.92 Å². The Morgan fingerprint density at radius 3 is 2.36 bits per heavy atom. The first-order chi connectivity index (χ1) is 11.8. The fraction of sp³-hybridized carbons (Fsp3) is 0.316. The van der Waals surface area contributed by atoms with Crippen LogP contribution < -0.4 is 11.1 Å². The molecule has 0 radical (unpaired) electrons. The summed E-state index contributed by atoms with van der Waals surface area (Å²) in [5.74, 6) is -1.14. The minimum Gasteiger partial charge on any atom is -0.368 e.